The van der Waals surface area contributed by atoms with E-state index in [0.29, 0.717) is 26.2 Å². The summed E-state index contributed by atoms with van der Waals surface area (Å²) in [4.78, 5) is 32.1. The number of carbonyl (C=O) groups is 2. The standard InChI is InChI=1S/C34H46F2N4O3/c1-2-40(34(43)37-20-24-11-13-28(35)14-12-24)30-15-17-38(18-16-30)21-27-22-39(23-31(27)26-9-6-10-29(36)19-26)32(33(41)42)25-7-4-3-5-8-25/h6,9-14,19,25,27,30-32H,2-5,7-8,15-18,20-23H2,1H3,(H,37,43)(H,41,42). The van der Waals surface area contributed by atoms with E-state index in [-0.39, 0.29) is 41.5 Å². The third-order valence-electron chi connectivity index (χ3n) is 9.94. The van der Waals surface area contributed by atoms with Crippen LogP contribution in [0.25, 0.3) is 0 Å². The number of carboxylic acid groups (broad SMARTS) is 1. The number of hydrogen-bond donors (Lipinski definition) is 2. The molecule has 43 heavy (non-hydrogen) atoms. The lowest BCUT2D eigenvalue weighted by molar-refractivity contribution is -0.145. The summed E-state index contributed by atoms with van der Waals surface area (Å²) in [5.41, 5.74) is 1.80. The monoisotopic (exact) mass is 596 g/mol. The maximum atomic E-state index is 14.3. The van der Waals surface area contributed by atoms with E-state index in [1.54, 1.807) is 24.3 Å². The Labute approximate surface area is 254 Å². The second kappa shape index (κ2) is 14.6. The van der Waals surface area contributed by atoms with E-state index in [0.717, 1.165) is 69.3 Å². The Morgan fingerprint density at radius 3 is 2.35 bits per heavy atom. The van der Waals surface area contributed by atoms with Gasteiger partial charge in [-0.15, -0.1) is 0 Å². The predicted octanol–water partition coefficient (Wildman–Crippen LogP) is 5.71. The SMILES string of the molecule is CCN(C(=O)NCc1ccc(F)cc1)C1CCN(CC2CN(C(C(=O)O)C3CCCCC3)CC2c2cccc(F)c2)CC1. The van der Waals surface area contributed by atoms with Gasteiger partial charge in [0, 0.05) is 57.8 Å². The average Bonchev–Trinajstić information content (AvgIpc) is 3.41. The molecule has 2 heterocycles. The van der Waals surface area contributed by atoms with E-state index in [2.05, 4.69) is 15.1 Å². The molecule has 0 spiro atoms. The smallest absolute Gasteiger partial charge is 0.321 e. The zero-order chi connectivity index (χ0) is 30.3. The van der Waals surface area contributed by atoms with Gasteiger partial charge < -0.3 is 20.2 Å². The summed E-state index contributed by atoms with van der Waals surface area (Å²) in [5.74, 6) is -0.842. The van der Waals surface area contributed by atoms with Crippen molar-refractivity contribution in [2.24, 2.45) is 11.8 Å². The van der Waals surface area contributed by atoms with Crippen molar-refractivity contribution >= 4 is 12.0 Å². The molecular weight excluding hydrogens is 550 g/mol. The van der Waals surface area contributed by atoms with E-state index in [1.807, 2.05) is 17.9 Å². The molecule has 3 unspecified atom stereocenters. The fourth-order valence-corrected chi connectivity index (χ4v) is 7.73. The van der Waals surface area contributed by atoms with Gasteiger partial charge in [-0.1, -0.05) is 43.5 Å². The molecule has 2 aromatic carbocycles. The van der Waals surface area contributed by atoms with Gasteiger partial charge in [-0.25, -0.2) is 13.6 Å². The van der Waals surface area contributed by atoms with Crippen molar-refractivity contribution in [3.05, 3.63) is 71.3 Å². The lowest BCUT2D eigenvalue weighted by Crippen LogP contribution is -2.51. The molecule has 1 saturated carbocycles. The van der Waals surface area contributed by atoms with Crippen LogP contribution in [0.4, 0.5) is 13.6 Å². The third-order valence-corrected chi connectivity index (χ3v) is 9.94. The Hall–Kier alpha value is -3.04. The summed E-state index contributed by atoms with van der Waals surface area (Å²) in [7, 11) is 0. The highest BCUT2D eigenvalue weighted by molar-refractivity contribution is 5.74. The molecule has 9 heteroatoms. The normalized spacial score (nSPS) is 23.2. The van der Waals surface area contributed by atoms with Gasteiger partial charge >= 0.3 is 12.0 Å². The van der Waals surface area contributed by atoms with Gasteiger partial charge in [-0.05, 0) is 79.8 Å². The zero-order valence-corrected chi connectivity index (χ0v) is 25.3. The molecule has 3 aliphatic rings. The van der Waals surface area contributed by atoms with Crippen molar-refractivity contribution in [1.29, 1.82) is 0 Å². The van der Waals surface area contributed by atoms with Crippen LogP contribution < -0.4 is 5.32 Å². The first kappa shape index (κ1) is 31.4. The third kappa shape index (κ3) is 7.92. The number of carboxylic acids is 1. The predicted molar refractivity (Wildman–Crippen MR) is 163 cm³/mol. The van der Waals surface area contributed by atoms with Crippen LogP contribution in [0.2, 0.25) is 0 Å². The van der Waals surface area contributed by atoms with Gasteiger partial charge in [-0.2, -0.15) is 0 Å². The molecule has 2 aliphatic heterocycles. The number of nitrogens with zero attached hydrogens (tertiary/aromatic N) is 3. The molecule has 5 rings (SSSR count). The molecule has 0 radical (unpaired) electrons. The Bertz CT molecular complexity index is 1210. The number of urea groups is 1. The Morgan fingerprint density at radius 2 is 1.70 bits per heavy atom. The number of nitrogens with one attached hydrogen (secondary N) is 1. The van der Waals surface area contributed by atoms with Crippen molar-refractivity contribution in [2.45, 2.75) is 76.4 Å². The van der Waals surface area contributed by atoms with E-state index in [9.17, 15) is 23.5 Å². The highest BCUT2D eigenvalue weighted by Crippen LogP contribution is 2.39. The molecule has 2 aromatic rings. The second-order valence-electron chi connectivity index (χ2n) is 12.7. The van der Waals surface area contributed by atoms with Crippen molar-refractivity contribution in [1.82, 2.24) is 20.0 Å². The molecule has 7 nitrogen and oxygen atoms in total. The maximum Gasteiger partial charge on any atom is 0.321 e. The van der Waals surface area contributed by atoms with Crippen molar-refractivity contribution < 1.29 is 23.5 Å². The quantitative estimate of drug-likeness (QED) is 0.368. The molecule has 2 saturated heterocycles. The van der Waals surface area contributed by atoms with Crippen LogP contribution in [-0.2, 0) is 11.3 Å². The molecule has 1 aliphatic carbocycles. The molecule has 2 N–H and O–H groups in total. The lowest BCUT2D eigenvalue weighted by Gasteiger charge is -2.39. The first-order chi connectivity index (χ1) is 20.8. The number of piperidine rings is 1. The van der Waals surface area contributed by atoms with Gasteiger partial charge in [0.1, 0.15) is 17.7 Å². The van der Waals surface area contributed by atoms with E-state index in [4.69, 9.17) is 0 Å². The second-order valence-corrected chi connectivity index (χ2v) is 12.7. The molecule has 3 fully saturated rings. The maximum absolute atomic E-state index is 14.3. The highest BCUT2D eigenvalue weighted by Gasteiger charge is 2.43. The number of likely N-dealkylation sites (tertiary alicyclic amines) is 2. The molecule has 234 valence electrons. The molecule has 3 atom stereocenters. The number of aliphatic carboxylic acids is 1. The van der Waals surface area contributed by atoms with Crippen molar-refractivity contribution in [2.75, 3.05) is 39.3 Å². The fraction of sp³-hybridized carbons (Fsp3) is 0.588. The minimum Gasteiger partial charge on any atom is -0.480 e. The minimum atomic E-state index is -0.733. The molecular formula is C34H46F2N4O3. The Balaban J connectivity index is 1.21. The zero-order valence-electron chi connectivity index (χ0n) is 25.3. The van der Waals surface area contributed by atoms with Crippen molar-refractivity contribution in [3.8, 4) is 0 Å². The van der Waals surface area contributed by atoms with Crippen LogP contribution in [0, 0.1) is 23.5 Å². The van der Waals surface area contributed by atoms with Gasteiger partial charge in [0.05, 0.1) is 0 Å². The first-order valence-corrected chi connectivity index (χ1v) is 16.1. The Kier molecular flexibility index (Phi) is 10.7. The van der Waals surface area contributed by atoms with E-state index >= 15 is 0 Å². The van der Waals surface area contributed by atoms with Gasteiger partial charge in [0.15, 0.2) is 0 Å². The van der Waals surface area contributed by atoms with E-state index in [1.165, 1.54) is 24.6 Å². The highest BCUT2D eigenvalue weighted by atomic mass is 19.1. The number of hydrogen-bond acceptors (Lipinski definition) is 4. The average molecular weight is 597 g/mol. The molecule has 0 aromatic heterocycles. The minimum absolute atomic E-state index is 0.0724. The summed E-state index contributed by atoms with van der Waals surface area (Å²) in [6.07, 6.45) is 7.00. The summed E-state index contributed by atoms with van der Waals surface area (Å²) >= 11 is 0. The van der Waals surface area contributed by atoms with Gasteiger partial charge in [0.25, 0.3) is 0 Å². The van der Waals surface area contributed by atoms with Crippen LogP contribution in [0.1, 0.15) is 68.9 Å². The summed E-state index contributed by atoms with van der Waals surface area (Å²) in [6.45, 7) is 6.81. The van der Waals surface area contributed by atoms with Gasteiger partial charge in [-0.3, -0.25) is 9.69 Å². The van der Waals surface area contributed by atoms with Crippen LogP contribution in [0.15, 0.2) is 48.5 Å². The number of benzene rings is 2. The van der Waals surface area contributed by atoms with Crippen LogP contribution in [-0.4, -0.2) is 83.2 Å². The summed E-state index contributed by atoms with van der Waals surface area (Å²) in [6, 6.07) is 12.5. The largest absolute Gasteiger partial charge is 0.480 e. The van der Waals surface area contributed by atoms with E-state index < -0.39 is 12.0 Å². The molecule has 2 amide bonds. The van der Waals surface area contributed by atoms with Crippen LogP contribution in [0.3, 0.4) is 0 Å². The number of halogens is 2. The number of amides is 2. The topological polar surface area (TPSA) is 76.1 Å². The summed E-state index contributed by atoms with van der Waals surface area (Å²) in [5, 5.41) is 13.3. The van der Waals surface area contributed by atoms with Crippen molar-refractivity contribution in [3.63, 3.8) is 0 Å². The van der Waals surface area contributed by atoms with Crippen LogP contribution >= 0.6 is 0 Å². The fourth-order valence-electron chi connectivity index (χ4n) is 7.73. The number of carbonyl (C=O) groups excluding carboxylic acids is 1. The number of rotatable bonds is 10. The summed E-state index contributed by atoms with van der Waals surface area (Å²) < 4.78 is 27.5. The first-order valence-electron chi connectivity index (χ1n) is 16.1. The van der Waals surface area contributed by atoms with Gasteiger partial charge in [0.2, 0.25) is 0 Å². The Morgan fingerprint density at radius 1 is 0.977 bits per heavy atom. The van der Waals surface area contributed by atoms with Crippen LogP contribution in [0.5, 0.6) is 0 Å². The molecule has 0 bridgehead atoms. The lowest BCUT2D eigenvalue weighted by atomic mass is 9.83.